The largest absolute Gasteiger partial charge is 0.497 e. The number of rotatable bonds is 6. The van der Waals surface area contributed by atoms with Crippen LogP contribution in [0.3, 0.4) is 0 Å². The molecule has 0 unspecified atom stereocenters. The van der Waals surface area contributed by atoms with Gasteiger partial charge in [-0.3, -0.25) is 0 Å². The smallest absolute Gasteiger partial charge is 0.338 e. The predicted molar refractivity (Wildman–Crippen MR) is 89.5 cm³/mol. The van der Waals surface area contributed by atoms with E-state index >= 15 is 0 Å². The Bertz CT molecular complexity index is 613. The van der Waals surface area contributed by atoms with Gasteiger partial charge in [0.15, 0.2) is 0 Å². The molecule has 0 spiro atoms. The molecule has 2 amide bonds. The molecule has 2 N–H and O–H groups in total. The number of hydrogen-bond donors (Lipinski definition) is 2. The van der Waals surface area contributed by atoms with Gasteiger partial charge in [-0.05, 0) is 31.0 Å². The molecule has 7 heteroatoms. The highest BCUT2D eigenvalue weighted by Gasteiger charge is 2.32. The fraction of sp³-hybridized carbons (Fsp3) is 0.375. The highest BCUT2D eigenvalue weighted by atomic mass is 79.9. The molecule has 6 nitrogen and oxygen atoms in total. The van der Waals surface area contributed by atoms with Crippen molar-refractivity contribution < 1.29 is 19.1 Å². The number of carbonyl (C=O) groups is 2. The summed E-state index contributed by atoms with van der Waals surface area (Å²) in [6, 6.07) is 6.30. The van der Waals surface area contributed by atoms with Crippen LogP contribution in [0.4, 0.5) is 4.79 Å². The van der Waals surface area contributed by atoms with E-state index in [2.05, 4.69) is 26.6 Å². The van der Waals surface area contributed by atoms with Crippen molar-refractivity contribution in [2.75, 3.05) is 19.0 Å². The van der Waals surface area contributed by atoms with Crippen LogP contribution in [0.2, 0.25) is 0 Å². The third kappa shape index (κ3) is 4.25. The van der Waals surface area contributed by atoms with Crippen LogP contribution in [0.15, 0.2) is 35.5 Å². The van der Waals surface area contributed by atoms with Gasteiger partial charge >= 0.3 is 12.0 Å². The van der Waals surface area contributed by atoms with Gasteiger partial charge in [-0.15, -0.1) is 0 Å². The summed E-state index contributed by atoms with van der Waals surface area (Å²) in [5, 5.41) is 6.14. The zero-order valence-corrected chi connectivity index (χ0v) is 14.6. The van der Waals surface area contributed by atoms with Gasteiger partial charge < -0.3 is 20.1 Å². The lowest BCUT2D eigenvalue weighted by molar-refractivity contribution is -0.139. The fourth-order valence-electron chi connectivity index (χ4n) is 2.31. The SMILES string of the molecule is COc1ccc([C@H]2NC(=O)NC(C)=C2C(=O)OCCCBr)cc1. The van der Waals surface area contributed by atoms with Crippen molar-refractivity contribution in [3.8, 4) is 5.75 Å². The molecule has 0 saturated carbocycles. The lowest BCUT2D eigenvalue weighted by Crippen LogP contribution is -2.45. The number of alkyl halides is 1. The Morgan fingerprint density at radius 1 is 1.30 bits per heavy atom. The van der Waals surface area contributed by atoms with Crippen molar-refractivity contribution >= 4 is 27.9 Å². The van der Waals surface area contributed by atoms with Crippen LogP contribution >= 0.6 is 15.9 Å². The predicted octanol–water partition coefficient (Wildman–Crippen LogP) is 2.65. The molecule has 0 radical (unpaired) electrons. The first-order valence-electron chi connectivity index (χ1n) is 7.22. The van der Waals surface area contributed by atoms with Crippen LogP contribution in [-0.4, -0.2) is 31.0 Å². The minimum atomic E-state index is -0.550. The Morgan fingerprint density at radius 3 is 2.61 bits per heavy atom. The minimum absolute atomic E-state index is 0.324. The van der Waals surface area contributed by atoms with Crippen LogP contribution in [0.25, 0.3) is 0 Å². The number of methoxy groups -OCH3 is 1. The van der Waals surface area contributed by atoms with Gasteiger partial charge in [-0.25, -0.2) is 9.59 Å². The second-order valence-electron chi connectivity index (χ2n) is 5.02. The van der Waals surface area contributed by atoms with Gasteiger partial charge in [-0.1, -0.05) is 28.1 Å². The number of allylic oxidation sites excluding steroid dienone is 1. The van der Waals surface area contributed by atoms with Crippen LogP contribution in [0, 0.1) is 0 Å². The summed E-state index contributed by atoms with van der Waals surface area (Å²) in [6.07, 6.45) is 0.727. The van der Waals surface area contributed by atoms with E-state index < -0.39 is 12.0 Å². The molecule has 0 bridgehead atoms. The number of nitrogens with one attached hydrogen (secondary N) is 2. The van der Waals surface area contributed by atoms with Gasteiger partial charge in [0, 0.05) is 11.0 Å². The maximum Gasteiger partial charge on any atom is 0.338 e. The van der Waals surface area contributed by atoms with E-state index in [1.165, 1.54) is 0 Å². The molecule has 0 saturated heterocycles. The average molecular weight is 383 g/mol. The lowest BCUT2D eigenvalue weighted by atomic mass is 9.95. The Morgan fingerprint density at radius 2 is 2.00 bits per heavy atom. The molecule has 1 atom stereocenters. The molecule has 0 fully saturated rings. The maximum absolute atomic E-state index is 12.4. The van der Waals surface area contributed by atoms with E-state index in [0.29, 0.717) is 23.6 Å². The van der Waals surface area contributed by atoms with Crippen LogP contribution in [0.1, 0.15) is 24.9 Å². The summed E-state index contributed by atoms with van der Waals surface area (Å²) < 4.78 is 10.4. The van der Waals surface area contributed by atoms with Crippen LogP contribution < -0.4 is 15.4 Å². The lowest BCUT2D eigenvalue weighted by Gasteiger charge is -2.28. The molecule has 1 aromatic rings. The second-order valence-corrected chi connectivity index (χ2v) is 5.81. The van der Waals surface area contributed by atoms with Crippen molar-refractivity contribution in [3.63, 3.8) is 0 Å². The summed E-state index contributed by atoms with van der Waals surface area (Å²) in [6.45, 7) is 2.01. The summed E-state index contributed by atoms with van der Waals surface area (Å²) in [7, 11) is 1.58. The summed E-state index contributed by atoms with van der Waals surface area (Å²) in [5.41, 5.74) is 1.69. The van der Waals surface area contributed by atoms with Gasteiger partial charge in [0.05, 0.1) is 25.3 Å². The molecular formula is C16H19BrN2O4. The molecular weight excluding hydrogens is 364 g/mol. The van der Waals surface area contributed by atoms with E-state index in [1.54, 1.807) is 26.2 Å². The maximum atomic E-state index is 12.4. The summed E-state index contributed by atoms with van der Waals surface area (Å²) in [4.78, 5) is 24.2. The van der Waals surface area contributed by atoms with Crippen molar-refractivity contribution in [3.05, 3.63) is 41.1 Å². The molecule has 23 heavy (non-hydrogen) atoms. The topological polar surface area (TPSA) is 76.7 Å². The van der Waals surface area contributed by atoms with Crippen molar-refractivity contribution in [2.24, 2.45) is 0 Å². The number of amides is 2. The van der Waals surface area contributed by atoms with E-state index in [9.17, 15) is 9.59 Å². The number of carbonyl (C=O) groups excluding carboxylic acids is 2. The molecule has 1 aliphatic heterocycles. The number of urea groups is 1. The number of halogens is 1. The fourth-order valence-corrected chi connectivity index (χ4v) is 2.54. The first-order chi connectivity index (χ1) is 11.1. The van der Waals surface area contributed by atoms with Gasteiger partial charge in [0.1, 0.15) is 5.75 Å². The number of benzene rings is 1. The number of hydrogen-bond acceptors (Lipinski definition) is 4. The van der Waals surface area contributed by atoms with E-state index in [-0.39, 0.29) is 6.03 Å². The van der Waals surface area contributed by atoms with Gasteiger partial charge in [-0.2, -0.15) is 0 Å². The highest BCUT2D eigenvalue weighted by Crippen LogP contribution is 2.28. The third-order valence-corrected chi connectivity index (χ3v) is 4.01. The summed E-state index contributed by atoms with van der Waals surface area (Å²) >= 11 is 3.29. The van der Waals surface area contributed by atoms with Crippen molar-refractivity contribution in [1.29, 1.82) is 0 Å². The third-order valence-electron chi connectivity index (χ3n) is 3.45. The second kappa shape index (κ2) is 8.01. The molecule has 2 rings (SSSR count). The molecule has 1 heterocycles. The number of ether oxygens (including phenoxy) is 2. The first-order valence-corrected chi connectivity index (χ1v) is 8.34. The molecule has 124 valence electrons. The van der Waals surface area contributed by atoms with Gasteiger partial charge in [0.2, 0.25) is 0 Å². The standard InChI is InChI=1S/C16H19BrN2O4/c1-10-13(15(20)23-9-3-8-17)14(19-16(21)18-10)11-4-6-12(22-2)7-5-11/h4-7,14H,3,8-9H2,1-2H3,(H2,18,19,21)/t14-/m1/s1. The van der Waals surface area contributed by atoms with Crippen LogP contribution in [-0.2, 0) is 9.53 Å². The molecule has 0 aliphatic carbocycles. The normalized spacial score (nSPS) is 17.3. The van der Waals surface area contributed by atoms with E-state index in [0.717, 1.165) is 17.3 Å². The Balaban J connectivity index is 2.27. The Hall–Kier alpha value is -2.02. The van der Waals surface area contributed by atoms with Crippen LogP contribution in [0.5, 0.6) is 5.75 Å². The zero-order valence-electron chi connectivity index (χ0n) is 13.0. The quantitative estimate of drug-likeness (QED) is 0.450. The monoisotopic (exact) mass is 382 g/mol. The van der Waals surface area contributed by atoms with Crippen molar-refractivity contribution in [2.45, 2.75) is 19.4 Å². The molecule has 1 aromatic carbocycles. The molecule has 0 aromatic heterocycles. The van der Waals surface area contributed by atoms with Crippen molar-refractivity contribution in [1.82, 2.24) is 10.6 Å². The minimum Gasteiger partial charge on any atom is -0.497 e. The average Bonchev–Trinajstić information content (AvgIpc) is 2.54. The highest BCUT2D eigenvalue weighted by molar-refractivity contribution is 9.09. The van der Waals surface area contributed by atoms with E-state index in [1.807, 2.05) is 12.1 Å². The van der Waals surface area contributed by atoms with E-state index in [4.69, 9.17) is 9.47 Å². The van der Waals surface area contributed by atoms with Gasteiger partial charge in [0.25, 0.3) is 0 Å². The molecule has 1 aliphatic rings. The Kier molecular flexibility index (Phi) is 6.04. The number of esters is 1. The summed E-state index contributed by atoms with van der Waals surface area (Å²) in [5.74, 6) is 0.271. The first kappa shape index (κ1) is 17.3. The Labute approximate surface area is 143 Å². The zero-order chi connectivity index (χ0) is 16.8.